The van der Waals surface area contributed by atoms with Crippen molar-refractivity contribution in [3.63, 3.8) is 0 Å². The topological polar surface area (TPSA) is 69.6 Å². The van der Waals surface area contributed by atoms with Crippen molar-refractivity contribution < 1.29 is 18.7 Å². The number of nitrogens with zero attached hydrogens (tertiary/aromatic N) is 4. The molecule has 3 aromatic rings. The highest BCUT2D eigenvalue weighted by atomic mass is 35.5. The second kappa shape index (κ2) is 10.7. The van der Waals surface area contributed by atoms with Crippen LogP contribution in [0.3, 0.4) is 0 Å². The van der Waals surface area contributed by atoms with Crippen LogP contribution < -0.4 is 4.90 Å². The van der Waals surface area contributed by atoms with E-state index in [4.69, 9.17) is 0 Å². The summed E-state index contributed by atoms with van der Waals surface area (Å²) < 4.78 is 28.5. The molecule has 2 aromatic carbocycles. The molecule has 6 nitrogen and oxygen atoms in total. The fourth-order valence-corrected chi connectivity index (χ4v) is 6.03. The molecule has 0 unspecified atom stereocenters. The highest BCUT2D eigenvalue weighted by molar-refractivity contribution is 5.85. The Bertz CT molecular complexity index is 1220. The smallest absolute Gasteiger partial charge is 0.228 e. The summed E-state index contributed by atoms with van der Waals surface area (Å²) in [5.74, 6) is -2.78. The average molecular weight is 529 g/mol. The first-order valence-electron chi connectivity index (χ1n) is 12.3. The maximum absolute atomic E-state index is 14.9. The van der Waals surface area contributed by atoms with Crippen molar-refractivity contribution in [2.45, 2.75) is 25.4 Å². The standard InChI is InChI=1S/C28H30F2N4O2.ClH/c1-18-13-34(14-19(2)28(18,36)20-6-4-3-5-7-20)27(35)25-16-33(22-11-31-17-32-12-22)15-24(25)23-9-8-21(29)10-26(23)30;/h3-12,17-19,24-25,36H,13-16H2,1-2H3;1H/t18-,19+,24-,25+,28+;/m0./s1. The average Bonchev–Trinajstić information content (AvgIpc) is 3.32. The van der Waals surface area contributed by atoms with Crippen molar-refractivity contribution in [2.75, 3.05) is 31.1 Å². The fraction of sp³-hybridized carbons (Fsp3) is 0.393. The zero-order valence-electron chi connectivity index (χ0n) is 20.8. The number of carbonyl (C=O) groups is 1. The molecule has 5 atom stereocenters. The molecule has 2 saturated heterocycles. The van der Waals surface area contributed by atoms with Crippen molar-refractivity contribution in [3.8, 4) is 0 Å². The molecule has 0 saturated carbocycles. The Hall–Kier alpha value is -3.10. The van der Waals surface area contributed by atoms with Gasteiger partial charge in [-0.3, -0.25) is 4.79 Å². The molecule has 5 rings (SSSR count). The predicted octanol–water partition coefficient (Wildman–Crippen LogP) is 4.40. The summed E-state index contributed by atoms with van der Waals surface area (Å²) >= 11 is 0. The van der Waals surface area contributed by atoms with E-state index in [1.807, 2.05) is 49.1 Å². The maximum Gasteiger partial charge on any atom is 0.228 e. The van der Waals surface area contributed by atoms with Crippen LogP contribution >= 0.6 is 12.4 Å². The molecule has 196 valence electrons. The van der Waals surface area contributed by atoms with E-state index in [2.05, 4.69) is 9.97 Å². The number of amides is 1. The van der Waals surface area contributed by atoms with Crippen LogP contribution in [0.15, 0.2) is 67.3 Å². The van der Waals surface area contributed by atoms with E-state index in [9.17, 15) is 18.7 Å². The van der Waals surface area contributed by atoms with Gasteiger partial charge in [0, 0.05) is 50.0 Å². The molecule has 0 bridgehead atoms. The largest absolute Gasteiger partial charge is 0.384 e. The predicted molar refractivity (Wildman–Crippen MR) is 139 cm³/mol. The molecule has 1 aromatic heterocycles. The number of hydrogen-bond acceptors (Lipinski definition) is 5. The fourth-order valence-electron chi connectivity index (χ4n) is 6.03. The van der Waals surface area contributed by atoms with Gasteiger partial charge in [-0.25, -0.2) is 18.7 Å². The number of aliphatic hydroxyl groups is 1. The van der Waals surface area contributed by atoms with Crippen LogP contribution in [0.1, 0.15) is 30.9 Å². The lowest BCUT2D eigenvalue weighted by Crippen LogP contribution is -2.57. The van der Waals surface area contributed by atoms with Crippen molar-refractivity contribution in [3.05, 3.63) is 90.0 Å². The number of halogens is 3. The van der Waals surface area contributed by atoms with Gasteiger partial charge in [-0.15, -0.1) is 12.4 Å². The first-order chi connectivity index (χ1) is 17.3. The Morgan fingerprint density at radius 1 is 0.973 bits per heavy atom. The molecule has 1 amide bonds. The van der Waals surface area contributed by atoms with Gasteiger partial charge in [0.05, 0.1) is 29.6 Å². The van der Waals surface area contributed by atoms with E-state index in [1.165, 1.54) is 18.5 Å². The van der Waals surface area contributed by atoms with Crippen molar-refractivity contribution >= 4 is 24.0 Å². The third-order valence-electron chi connectivity index (χ3n) is 7.95. The number of anilines is 1. The third kappa shape index (κ3) is 4.92. The van der Waals surface area contributed by atoms with Gasteiger partial charge in [-0.1, -0.05) is 50.2 Å². The van der Waals surface area contributed by atoms with Gasteiger partial charge in [-0.2, -0.15) is 0 Å². The molecule has 2 aliphatic heterocycles. The van der Waals surface area contributed by atoms with Crippen LogP contribution in [-0.2, 0) is 10.4 Å². The molecule has 2 aliphatic rings. The molecule has 2 fully saturated rings. The molecule has 0 aliphatic carbocycles. The maximum atomic E-state index is 14.9. The highest BCUT2D eigenvalue weighted by Gasteiger charge is 2.49. The summed E-state index contributed by atoms with van der Waals surface area (Å²) in [7, 11) is 0. The molecule has 3 heterocycles. The van der Waals surface area contributed by atoms with Gasteiger partial charge >= 0.3 is 0 Å². The SMILES string of the molecule is C[C@@H]1CN(C(=O)[C@@H]2CN(c3cncnc3)C[C@H]2c2ccc(F)cc2F)C[C@H](C)[C@]1(O)c1ccccc1.Cl. The van der Waals surface area contributed by atoms with E-state index in [0.717, 1.165) is 17.3 Å². The van der Waals surface area contributed by atoms with Gasteiger partial charge in [0.2, 0.25) is 5.91 Å². The number of piperidine rings is 1. The number of hydrogen-bond donors (Lipinski definition) is 1. The van der Waals surface area contributed by atoms with Gasteiger partial charge in [-0.05, 0) is 17.2 Å². The molecular formula is C28H31ClF2N4O2. The Morgan fingerprint density at radius 2 is 1.62 bits per heavy atom. The lowest BCUT2D eigenvalue weighted by atomic mass is 9.70. The Labute approximate surface area is 221 Å². The summed E-state index contributed by atoms with van der Waals surface area (Å²) in [5.41, 5.74) is 0.871. The number of benzene rings is 2. The molecule has 1 N–H and O–H groups in total. The Balaban J connectivity index is 0.00000320. The minimum absolute atomic E-state index is 0. The summed E-state index contributed by atoms with van der Waals surface area (Å²) in [5, 5.41) is 11.7. The van der Waals surface area contributed by atoms with E-state index in [1.54, 1.807) is 17.3 Å². The van der Waals surface area contributed by atoms with E-state index < -0.39 is 29.1 Å². The number of rotatable bonds is 4. The molecule has 37 heavy (non-hydrogen) atoms. The lowest BCUT2D eigenvalue weighted by Gasteiger charge is -2.48. The van der Waals surface area contributed by atoms with Gasteiger partial charge in [0.15, 0.2) is 0 Å². The summed E-state index contributed by atoms with van der Waals surface area (Å²) in [4.78, 5) is 25.9. The molecular weight excluding hydrogens is 498 g/mol. The van der Waals surface area contributed by atoms with Crippen LogP contribution in [-0.4, -0.2) is 52.1 Å². The summed E-state index contributed by atoms with van der Waals surface area (Å²) in [6, 6.07) is 13.1. The molecule has 0 spiro atoms. The van der Waals surface area contributed by atoms with Gasteiger partial charge in [0.1, 0.15) is 18.0 Å². The quantitative estimate of drug-likeness (QED) is 0.543. The Kier molecular flexibility index (Phi) is 7.80. The van der Waals surface area contributed by atoms with Gasteiger partial charge < -0.3 is 14.9 Å². The number of carbonyl (C=O) groups excluding carboxylic acids is 1. The minimum Gasteiger partial charge on any atom is -0.384 e. The molecule has 0 radical (unpaired) electrons. The van der Waals surface area contributed by atoms with E-state index in [0.29, 0.717) is 31.7 Å². The minimum atomic E-state index is -1.05. The summed E-state index contributed by atoms with van der Waals surface area (Å²) in [6.45, 7) is 5.45. The number of aromatic nitrogens is 2. The third-order valence-corrected chi connectivity index (χ3v) is 7.95. The van der Waals surface area contributed by atoms with Crippen LogP contribution in [0.5, 0.6) is 0 Å². The van der Waals surface area contributed by atoms with Crippen molar-refractivity contribution in [1.82, 2.24) is 14.9 Å². The van der Waals surface area contributed by atoms with E-state index >= 15 is 0 Å². The highest BCUT2D eigenvalue weighted by Crippen LogP contribution is 2.43. The summed E-state index contributed by atoms with van der Waals surface area (Å²) in [6.07, 6.45) is 4.77. The monoisotopic (exact) mass is 528 g/mol. The second-order valence-electron chi connectivity index (χ2n) is 10.1. The normalized spacial score (nSPS) is 27.6. The Morgan fingerprint density at radius 3 is 2.24 bits per heavy atom. The first kappa shape index (κ1) is 26.9. The zero-order chi connectivity index (χ0) is 25.4. The van der Waals surface area contributed by atoms with Crippen LogP contribution in [0.25, 0.3) is 0 Å². The van der Waals surface area contributed by atoms with Crippen molar-refractivity contribution in [2.24, 2.45) is 17.8 Å². The van der Waals surface area contributed by atoms with E-state index in [-0.39, 0.29) is 30.2 Å². The first-order valence-corrected chi connectivity index (χ1v) is 12.3. The van der Waals surface area contributed by atoms with Crippen LogP contribution in [0, 0.1) is 29.4 Å². The van der Waals surface area contributed by atoms with Gasteiger partial charge in [0.25, 0.3) is 0 Å². The number of likely N-dealkylation sites (tertiary alicyclic amines) is 1. The molecule has 9 heteroatoms. The van der Waals surface area contributed by atoms with Crippen LogP contribution in [0.2, 0.25) is 0 Å². The van der Waals surface area contributed by atoms with Crippen molar-refractivity contribution in [1.29, 1.82) is 0 Å². The van der Waals surface area contributed by atoms with Crippen LogP contribution in [0.4, 0.5) is 14.5 Å². The zero-order valence-corrected chi connectivity index (χ0v) is 21.6. The second-order valence-corrected chi connectivity index (χ2v) is 10.1. The lowest BCUT2D eigenvalue weighted by molar-refractivity contribution is -0.152.